The molecule has 1 unspecified atom stereocenters. The van der Waals surface area contributed by atoms with E-state index in [-0.39, 0.29) is 6.42 Å². The number of alkyl halides is 3. The predicted octanol–water partition coefficient (Wildman–Crippen LogP) is 3.48. The Hall–Kier alpha value is -0.680. The minimum Gasteiger partial charge on any atom is -0.392 e. The van der Waals surface area contributed by atoms with Crippen molar-refractivity contribution in [2.24, 2.45) is 0 Å². The van der Waals surface area contributed by atoms with Gasteiger partial charge in [0.15, 0.2) is 0 Å². The van der Waals surface area contributed by atoms with Crippen LogP contribution >= 0.6 is 11.8 Å². The molecule has 5 heteroatoms. The Labute approximate surface area is 96.7 Å². The molecule has 0 fully saturated rings. The van der Waals surface area contributed by atoms with Crippen molar-refractivity contribution in [1.82, 2.24) is 0 Å². The molecule has 0 amide bonds. The second-order valence-corrected chi connectivity index (χ2v) is 4.53. The fourth-order valence-electron chi connectivity index (χ4n) is 1.12. The van der Waals surface area contributed by atoms with Gasteiger partial charge < -0.3 is 5.11 Å². The van der Waals surface area contributed by atoms with Gasteiger partial charge in [0.1, 0.15) is 0 Å². The van der Waals surface area contributed by atoms with Crippen LogP contribution in [0.5, 0.6) is 0 Å². The predicted molar refractivity (Wildman–Crippen MR) is 58.5 cm³/mol. The van der Waals surface area contributed by atoms with E-state index in [9.17, 15) is 18.3 Å². The quantitative estimate of drug-likeness (QED) is 0.807. The summed E-state index contributed by atoms with van der Waals surface area (Å²) in [7, 11) is 0. The van der Waals surface area contributed by atoms with Crippen molar-refractivity contribution in [1.29, 1.82) is 0 Å². The monoisotopic (exact) mass is 250 g/mol. The van der Waals surface area contributed by atoms with Gasteiger partial charge in [0.2, 0.25) is 0 Å². The summed E-state index contributed by atoms with van der Waals surface area (Å²) in [5, 5.41) is 9.35. The third-order valence-electron chi connectivity index (χ3n) is 1.95. The molecule has 16 heavy (non-hydrogen) atoms. The van der Waals surface area contributed by atoms with Crippen molar-refractivity contribution in [3.05, 3.63) is 30.3 Å². The number of benzene rings is 1. The van der Waals surface area contributed by atoms with Crippen molar-refractivity contribution < 1.29 is 18.3 Å². The van der Waals surface area contributed by atoms with Crippen LogP contribution in [0.4, 0.5) is 13.2 Å². The fourth-order valence-corrected chi connectivity index (χ4v) is 2.02. The molecule has 0 heterocycles. The van der Waals surface area contributed by atoms with E-state index in [4.69, 9.17) is 0 Å². The first-order valence-electron chi connectivity index (χ1n) is 4.90. The van der Waals surface area contributed by atoms with Gasteiger partial charge in [0.05, 0.1) is 6.10 Å². The zero-order valence-corrected chi connectivity index (χ0v) is 9.39. The van der Waals surface area contributed by atoms with E-state index < -0.39 is 18.7 Å². The Balaban J connectivity index is 2.23. The number of halogens is 3. The molecule has 1 N–H and O–H groups in total. The molecule has 1 rings (SSSR count). The average molecular weight is 250 g/mol. The van der Waals surface area contributed by atoms with E-state index >= 15 is 0 Å². The van der Waals surface area contributed by atoms with E-state index in [2.05, 4.69) is 0 Å². The first-order chi connectivity index (χ1) is 7.47. The molecule has 0 bridgehead atoms. The second kappa shape index (κ2) is 6.15. The molecule has 0 aliphatic carbocycles. The van der Waals surface area contributed by atoms with Gasteiger partial charge in [-0.25, -0.2) is 0 Å². The topological polar surface area (TPSA) is 20.2 Å². The fraction of sp³-hybridized carbons (Fsp3) is 0.455. The third-order valence-corrected chi connectivity index (χ3v) is 3.10. The molecule has 0 aromatic heterocycles. The van der Waals surface area contributed by atoms with Crippen molar-refractivity contribution in [2.45, 2.75) is 30.0 Å². The van der Waals surface area contributed by atoms with E-state index in [1.807, 2.05) is 30.3 Å². The van der Waals surface area contributed by atoms with E-state index in [0.717, 1.165) is 4.90 Å². The van der Waals surface area contributed by atoms with Crippen molar-refractivity contribution in [3.8, 4) is 0 Å². The molecule has 1 nitrogen and oxygen atoms in total. The van der Waals surface area contributed by atoms with Crippen LogP contribution in [-0.4, -0.2) is 23.1 Å². The van der Waals surface area contributed by atoms with Crippen LogP contribution in [0.15, 0.2) is 35.2 Å². The van der Waals surface area contributed by atoms with Gasteiger partial charge in [-0.15, -0.1) is 11.8 Å². The van der Waals surface area contributed by atoms with Crippen molar-refractivity contribution in [3.63, 3.8) is 0 Å². The lowest BCUT2D eigenvalue weighted by atomic mass is 10.2. The molecule has 0 saturated heterocycles. The lowest BCUT2D eigenvalue weighted by molar-refractivity contribution is -0.139. The highest BCUT2D eigenvalue weighted by molar-refractivity contribution is 7.99. The molecule has 0 spiro atoms. The largest absolute Gasteiger partial charge is 0.392 e. The number of hydrogen-bond acceptors (Lipinski definition) is 2. The Bertz CT molecular complexity index is 300. The van der Waals surface area contributed by atoms with Gasteiger partial charge >= 0.3 is 6.18 Å². The van der Waals surface area contributed by atoms with Crippen LogP contribution in [0.25, 0.3) is 0 Å². The lowest BCUT2D eigenvalue weighted by Crippen LogP contribution is -2.16. The van der Waals surface area contributed by atoms with Gasteiger partial charge in [0.25, 0.3) is 0 Å². The van der Waals surface area contributed by atoms with Crippen molar-refractivity contribution >= 4 is 11.8 Å². The minimum absolute atomic E-state index is 0.233. The maximum atomic E-state index is 11.9. The van der Waals surface area contributed by atoms with Crippen LogP contribution in [0.3, 0.4) is 0 Å². The summed E-state index contributed by atoms with van der Waals surface area (Å²) < 4.78 is 35.6. The van der Waals surface area contributed by atoms with Gasteiger partial charge in [-0.2, -0.15) is 13.2 Å². The number of aliphatic hydroxyl groups is 1. The number of hydrogen-bond donors (Lipinski definition) is 1. The molecule has 0 aliphatic heterocycles. The SMILES string of the molecule is OC(CCC(F)(F)F)CSc1ccccc1. The standard InChI is InChI=1S/C11H13F3OS/c12-11(13,14)7-6-9(15)8-16-10-4-2-1-3-5-10/h1-5,9,15H,6-8H2. The lowest BCUT2D eigenvalue weighted by Gasteiger charge is -2.11. The summed E-state index contributed by atoms with van der Waals surface area (Å²) in [4.78, 5) is 0.952. The Morgan fingerprint density at radius 3 is 2.38 bits per heavy atom. The van der Waals surface area contributed by atoms with Crippen molar-refractivity contribution in [2.75, 3.05) is 5.75 Å². The van der Waals surface area contributed by atoms with Gasteiger partial charge in [0, 0.05) is 17.1 Å². The maximum absolute atomic E-state index is 11.9. The highest BCUT2D eigenvalue weighted by Gasteiger charge is 2.27. The molecule has 1 atom stereocenters. The molecular formula is C11H13F3OS. The molecular weight excluding hydrogens is 237 g/mol. The molecule has 1 aromatic rings. The normalized spacial score (nSPS) is 13.8. The zero-order chi connectivity index (χ0) is 12.0. The van der Waals surface area contributed by atoms with Crippen LogP contribution in [-0.2, 0) is 0 Å². The molecule has 1 aromatic carbocycles. The van der Waals surface area contributed by atoms with Crippen LogP contribution in [0, 0.1) is 0 Å². The number of rotatable bonds is 5. The van der Waals surface area contributed by atoms with E-state index in [0.29, 0.717) is 5.75 Å². The first kappa shape index (κ1) is 13.4. The maximum Gasteiger partial charge on any atom is 0.389 e. The Kier molecular flexibility index (Phi) is 5.15. The summed E-state index contributed by atoms with van der Waals surface area (Å²) in [6.07, 6.45) is -6.25. The van der Waals surface area contributed by atoms with E-state index in [1.54, 1.807) is 0 Å². The molecule has 0 aliphatic rings. The minimum atomic E-state index is -4.18. The first-order valence-corrected chi connectivity index (χ1v) is 5.88. The smallest absolute Gasteiger partial charge is 0.389 e. The Morgan fingerprint density at radius 2 is 1.81 bits per heavy atom. The zero-order valence-electron chi connectivity index (χ0n) is 8.57. The van der Waals surface area contributed by atoms with Gasteiger partial charge in [-0.1, -0.05) is 18.2 Å². The van der Waals surface area contributed by atoms with Crippen LogP contribution in [0.1, 0.15) is 12.8 Å². The summed E-state index contributed by atoms with van der Waals surface area (Å²) in [5.74, 6) is 0.292. The van der Waals surface area contributed by atoms with Gasteiger partial charge in [-0.3, -0.25) is 0 Å². The van der Waals surface area contributed by atoms with E-state index in [1.165, 1.54) is 11.8 Å². The molecule has 90 valence electrons. The highest BCUT2D eigenvalue weighted by Crippen LogP contribution is 2.24. The summed E-state index contributed by atoms with van der Waals surface area (Å²) in [6, 6.07) is 9.29. The third kappa shape index (κ3) is 6.02. The molecule has 0 radical (unpaired) electrons. The number of thioether (sulfide) groups is 1. The molecule has 0 saturated carbocycles. The average Bonchev–Trinajstić information content (AvgIpc) is 2.24. The Morgan fingerprint density at radius 1 is 1.19 bits per heavy atom. The summed E-state index contributed by atoms with van der Waals surface area (Å²) >= 11 is 1.36. The van der Waals surface area contributed by atoms with Crippen LogP contribution < -0.4 is 0 Å². The number of aliphatic hydroxyl groups excluding tert-OH is 1. The second-order valence-electron chi connectivity index (χ2n) is 3.43. The summed E-state index contributed by atoms with van der Waals surface area (Å²) in [6.45, 7) is 0. The van der Waals surface area contributed by atoms with Crippen LogP contribution in [0.2, 0.25) is 0 Å². The highest BCUT2D eigenvalue weighted by atomic mass is 32.2. The summed E-state index contributed by atoms with van der Waals surface area (Å²) in [5.41, 5.74) is 0. The van der Waals surface area contributed by atoms with Gasteiger partial charge in [-0.05, 0) is 18.6 Å².